The highest BCUT2D eigenvalue weighted by atomic mass is 15.4. The van der Waals surface area contributed by atoms with Gasteiger partial charge in [-0.25, -0.2) is 0 Å². The predicted molar refractivity (Wildman–Crippen MR) is 37.5 cm³/mol. The molecular formula is C3H4N8. The van der Waals surface area contributed by atoms with Gasteiger partial charge in [-0.3, -0.25) is 0 Å². The number of aromatic nitrogens is 3. The van der Waals surface area contributed by atoms with E-state index in [4.69, 9.17) is 17.0 Å². The molecule has 8 heteroatoms. The van der Waals surface area contributed by atoms with E-state index >= 15 is 0 Å². The molecule has 1 heterocycles. The molecule has 0 bridgehead atoms. The summed E-state index contributed by atoms with van der Waals surface area (Å²) >= 11 is 0. The van der Waals surface area contributed by atoms with Crippen LogP contribution in [-0.2, 0) is 0 Å². The summed E-state index contributed by atoms with van der Waals surface area (Å²) < 4.78 is 0. The first-order chi connectivity index (χ1) is 5.25. The molecule has 1 aromatic rings. The van der Waals surface area contributed by atoms with Crippen molar-refractivity contribution in [1.29, 1.82) is 0 Å². The molecule has 1 aromatic heterocycles. The molecule has 0 aromatic carbocycles. The monoisotopic (exact) mass is 152 g/mol. The highest BCUT2D eigenvalue weighted by Gasteiger charge is 2.02. The van der Waals surface area contributed by atoms with Crippen molar-refractivity contribution in [2.45, 2.75) is 0 Å². The minimum atomic E-state index is -0.0556. The van der Waals surface area contributed by atoms with Crippen LogP contribution in [0.25, 0.3) is 10.4 Å². The van der Waals surface area contributed by atoms with Crippen molar-refractivity contribution in [1.82, 2.24) is 15.4 Å². The maximum atomic E-state index is 8.01. The number of nitrogens with zero attached hydrogens (tertiary/aromatic N) is 6. The van der Waals surface area contributed by atoms with Gasteiger partial charge in [-0.1, -0.05) is 0 Å². The molecule has 56 valence electrons. The van der Waals surface area contributed by atoms with Crippen molar-refractivity contribution < 1.29 is 0 Å². The van der Waals surface area contributed by atoms with Crippen LogP contribution in [0.5, 0.6) is 0 Å². The van der Waals surface area contributed by atoms with Crippen molar-refractivity contribution in [3.8, 4) is 0 Å². The van der Waals surface area contributed by atoms with Crippen molar-refractivity contribution in [3.05, 3.63) is 10.4 Å². The fraction of sp³-hybridized carbons (Fsp3) is 0. The summed E-state index contributed by atoms with van der Waals surface area (Å²) in [5, 5.41) is 13.0. The Morgan fingerprint density at radius 1 is 1.36 bits per heavy atom. The third-order valence-electron chi connectivity index (χ3n) is 0.948. The predicted octanol–water partition coefficient (Wildman–Crippen LogP) is -0.0222. The molecule has 0 aliphatic rings. The molecular weight excluding hydrogens is 148 g/mol. The van der Waals surface area contributed by atoms with Crippen LogP contribution in [0.15, 0.2) is 5.11 Å². The summed E-state index contributed by atoms with van der Waals surface area (Å²) in [7, 11) is 0. The lowest BCUT2D eigenvalue weighted by atomic mass is 10.5. The molecule has 0 radical (unpaired) electrons. The average Bonchev–Trinajstić information content (AvgIpc) is 1.99. The number of hydrogen-bond acceptors (Lipinski definition) is 6. The molecule has 0 unspecified atom stereocenters. The first kappa shape index (κ1) is 7.03. The van der Waals surface area contributed by atoms with E-state index in [1.54, 1.807) is 0 Å². The van der Waals surface area contributed by atoms with Crippen LogP contribution in [0.1, 0.15) is 0 Å². The number of anilines is 2. The Balaban J connectivity index is 3.26. The number of rotatable bonds is 1. The molecule has 0 saturated carbocycles. The maximum Gasteiger partial charge on any atom is 0.177 e. The van der Waals surface area contributed by atoms with Gasteiger partial charge < -0.3 is 11.5 Å². The molecule has 0 aliphatic heterocycles. The Bertz CT molecular complexity index is 311. The van der Waals surface area contributed by atoms with E-state index in [1.807, 2.05) is 0 Å². The van der Waals surface area contributed by atoms with Crippen LogP contribution >= 0.6 is 0 Å². The van der Waals surface area contributed by atoms with Crippen molar-refractivity contribution in [2.24, 2.45) is 5.11 Å². The highest BCUT2D eigenvalue weighted by molar-refractivity contribution is 5.68. The third kappa shape index (κ3) is 1.25. The number of azide groups is 1. The van der Waals surface area contributed by atoms with Gasteiger partial charge in [0.2, 0.25) is 0 Å². The summed E-state index contributed by atoms with van der Waals surface area (Å²) in [5.74, 6) is -0.0533. The van der Waals surface area contributed by atoms with Crippen LogP contribution in [0.2, 0.25) is 0 Å². The normalized spacial score (nSPS) is 8.73. The molecule has 0 atom stereocenters. The molecule has 0 amide bonds. The van der Waals surface area contributed by atoms with Crippen LogP contribution in [0.4, 0.5) is 17.3 Å². The Kier molecular flexibility index (Phi) is 1.71. The van der Waals surface area contributed by atoms with Crippen LogP contribution in [-0.4, -0.2) is 15.4 Å². The van der Waals surface area contributed by atoms with E-state index < -0.39 is 0 Å². The van der Waals surface area contributed by atoms with Gasteiger partial charge >= 0.3 is 0 Å². The second-order valence-corrected chi connectivity index (χ2v) is 1.60. The van der Waals surface area contributed by atoms with Gasteiger partial charge in [0.25, 0.3) is 0 Å². The molecule has 0 fully saturated rings. The standard InChI is InChI=1S/C3H4N8/c4-1-2(5)7-11-9-3(1)8-10-6/h(H2,4,11)(H2,5,7,9). The lowest BCUT2D eigenvalue weighted by Gasteiger charge is -1.96. The Labute approximate surface area is 60.8 Å². The second kappa shape index (κ2) is 2.67. The topological polar surface area (TPSA) is 139 Å². The molecule has 0 saturated heterocycles. The summed E-state index contributed by atoms with van der Waals surface area (Å²) in [4.78, 5) is 2.47. The average molecular weight is 152 g/mol. The Morgan fingerprint density at radius 3 is 2.73 bits per heavy atom. The third-order valence-corrected chi connectivity index (χ3v) is 0.948. The molecule has 11 heavy (non-hydrogen) atoms. The fourth-order valence-corrected chi connectivity index (χ4v) is 0.451. The number of nitrogen functional groups attached to an aromatic ring is 2. The van der Waals surface area contributed by atoms with Gasteiger partial charge in [0.15, 0.2) is 11.6 Å². The lowest BCUT2D eigenvalue weighted by Crippen LogP contribution is -2.01. The quantitative estimate of drug-likeness (QED) is 0.330. The van der Waals surface area contributed by atoms with Crippen molar-refractivity contribution in [3.63, 3.8) is 0 Å². The number of nitrogens with two attached hydrogens (primary N) is 2. The summed E-state index contributed by atoms with van der Waals surface area (Å²) in [6.07, 6.45) is 0. The van der Waals surface area contributed by atoms with Gasteiger partial charge in [0.1, 0.15) is 5.69 Å². The van der Waals surface area contributed by atoms with Gasteiger partial charge in [-0.15, -0.1) is 10.2 Å². The largest absolute Gasteiger partial charge is 0.394 e. The first-order valence-electron chi connectivity index (χ1n) is 2.55. The zero-order valence-electron chi connectivity index (χ0n) is 5.34. The van der Waals surface area contributed by atoms with E-state index in [0.29, 0.717) is 0 Å². The second-order valence-electron chi connectivity index (χ2n) is 1.60. The SMILES string of the molecule is [N-]=[N+]=Nc1nnnc(N)c1N. The summed E-state index contributed by atoms with van der Waals surface area (Å²) in [6.45, 7) is 0. The smallest absolute Gasteiger partial charge is 0.177 e. The fourth-order valence-electron chi connectivity index (χ4n) is 0.451. The molecule has 1 rings (SSSR count). The molecule has 0 aliphatic carbocycles. The van der Waals surface area contributed by atoms with Gasteiger partial charge in [0.05, 0.1) is 0 Å². The van der Waals surface area contributed by atoms with Crippen molar-refractivity contribution in [2.75, 3.05) is 11.5 Å². The Morgan fingerprint density at radius 2 is 2.09 bits per heavy atom. The van der Waals surface area contributed by atoms with Crippen LogP contribution < -0.4 is 11.5 Å². The number of hydrogen-bond donors (Lipinski definition) is 2. The lowest BCUT2D eigenvalue weighted by molar-refractivity contribution is 0.875. The minimum absolute atomic E-state index is 0.00222. The zero-order valence-corrected chi connectivity index (χ0v) is 5.34. The van der Waals surface area contributed by atoms with E-state index in [1.165, 1.54) is 0 Å². The Hall–Kier alpha value is -2.08. The van der Waals surface area contributed by atoms with E-state index in [9.17, 15) is 0 Å². The van der Waals surface area contributed by atoms with Crippen molar-refractivity contribution >= 4 is 17.3 Å². The summed E-state index contributed by atoms with van der Waals surface area (Å²) in [6, 6.07) is 0. The molecule has 0 spiro atoms. The van der Waals surface area contributed by atoms with Crippen LogP contribution in [0.3, 0.4) is 0 Å². The van der Waals surface area contributed by atoms with E-state index in [-0.39, 0.29) is 17.3 Å². The van der Waals surface area contributed by atoms with Gasteiger partial charge in [-0.2, -0.15) is 0 Å². The molecule has 4 N–H and O–H groups in total. The van der Waals surface area contributed by atoms with Gasteiger partial charge in [0, 0.05) is 4.91 Å². The maximum absolute atomic E-state index is 8.01. The molecule has 8 nitrogen and oxygen atoms in total. The first-order valence-corrected chi connectivity index (χ1v) is 2.55. The zero-order chi connectivity index (χ0) is 8.27. The minimum Gasteiger partial charge on any atom is -0.394 e. The van der Waals surface area contributed by atoms with Gasteiger partial charge in [-0.05, 0) is 15.9 Å². The summed E-state index contributed by atoms with van der Waals surface area (Å²) in [5.41, 5.74) is 18.6. The van der Waals surface area contributed by atoms with Crippen LogP contribution in [0, 0.1) is 0 Å². The highest BCUT2D eigenvalue weighted by Crippen LogP contribution is 2.20. The van der Waals surface area contributed by atoms with E-state index in [2.05, 4.69) is 25.4 Å². The van der Waals surface area contributed by atoms with E-state index in [0.717, 1.165) is 0 Å².